The molecule has 0 radical (unpaired) electrons. The normalized spacial score (nSPS) is 16.2. The fourth-order valence-corrected chi connectivity index (χ4v) is 4.83. The van der Waals surface area contributed by atoms with E-state index in [9.17, 15) is 17.6 Å². The molecule has 2 aromatic rings. The highest BCUT2D eigenvalue weighted by Gasteiger charge is 2.35. The molecule has 0 aromatic heterocycles. The Morgan fingerprint density at radius 1 is 1.13 bits per heavy atom. The third-order valence-corrected chi connectivity index (χ3v) is 7.14. The monoisotopic (exact) mass is 434 g/mol. The van der Waals surface area contributed by atoms with E-state index in [1.54, 1.807) is 32.0 Å². The molecule has 0 atom stereocenters. The van der Waals surface area contributed by atoms with Gasteiger partial charge in [-0.3, -0.25) is 4.79 Å². The lowest BCUT2D eigenvalue weighted by Crippen LogP contribution is -2.44. The highest BCUT2D eigenvalue weighted by molar-refractivity contribution is 7.89. The summed E-state index contributed by atoms with van der Waals surface area (Å²) in [4.78, 5) is 13.0. The quantitative estimate of drug-likeness (QED) is 0.702. The van der Waals surface area contributed by atoms with Crippen molar-refractivity contribution in [2.45, 2.75) is 37.0 Å². The van der Waals surface area contributed by atoms with Gasteiger partial charge in [-0.25, -0.2) is 17.5 Å². The molecule has 0 aliphatic carbocycles. The Bertz CT molecular complexity index is 1000. The van der Waals surface area contributed by atoms with Gasteiger partial charge in [0.25, 0.3) is 5.91 Å². The molecular formula is C22H27FN2O4S. The van der Waals surface area contributed by atoms with Crippen LogP contribution in [0.25, 0.3) is 0 Å². The average Bonchev–Trinajstić information content (AvgIpc) is 2.73. The van der Waals surface area contributed by atoms with Gasteiger partial charge in [-0.05, 0) is 55.2 Å². The summed E-state index contributed by atoms with van der Waals surface area (Å²) >= 11 is 0. The third-order valence-electron chi connectivity index (χ3n) is 5.59. The van der Waals surface area contributed by atoms with Crippen molar-refractivity contribution in [2.75, 3.05) is 26.3 Å². The molecule has 6 nitrogen and oxygen atoms in total. The van der Waals surface area contributed by atoms with Crippen molar-refractivity contribution in [1.29, 1.82) is 0 Å². The predicted molar refractivity (Wildman–Crippen MR) is 113 cm³/mol. The summed E-state index contributed by atoms with van der Waals surface area (Å²) in [6.45, 7) is 5.20. The first kappa shape index (κ1) is 22.4. The molecule has 2 aromatic carbocycles. The van der Waals surface area contributed by atoms with Crippen LogP contribution in [0.1, 0.15) is 41.3 Å². The van der Waals surface area contributed by atoms with E-state index >= 15 is 0 Å². The maximum atomic E-state index is 13.4. The number of nitrogens with one attached hydrogen (secondary N) is 2. The molecule has 1 aliphatic heterocycles. The van der Waals surface area contributed by atoms with E-state index in [0.717, 1.165) is 5.56 Å². The topological polar surface area (TPSA) is 84.5 Å². The molecule has 0 saturated carbocycles. The van der Waals surface area contributed by atoms with Crippen molar-refractivity contribution in [3.05, 3.63) is 65.0 Å². The Hall–Kier alpha value is -2.29. The standard InChI is InChI=1S/C22H27FN2O4S/c1-3-25-30(27,28)19-9-4-16(2)20(14-19)21(26)24-15-22(10-12-29-13-11-22)17-5-7-18(23)8-6-17/h4-9,14,25H,3,10-13,15H2,1-2H3,(H,24,26). The van der Waals surface area contributed by atoms with Crippen LogP contribution in [-0.2, 0) is 20.2 Å². The highest BCUT2D eigenvalue weighted by Crippen LogP contribution is 2.34. The first-order valence-corrected chi connectivity index (χ1v) is 11.5. The molecule has 8 heteroatoms. The van der Waals surface area contributed by atoms with Crippen molar-refractivity contribution >= 4 is 15.9 Å². The van der Waals surface area contributed by atoms with E-state index in [1.165, 1.54) is 24.3 Å². The van der Waals surface area contributed by atoms with Gasteiger partial charge in [0.1, 0.15) is 5.82 Å². The maximum absolute atomic E-state index is 13.4. The van der Waals surface area contributed by atoms with Crippen LogP contribution < -0.4 is 10.0 Å². The van der Waals surface area contributed by atoms with Crippen molar-refractivity contribution in [2.24, 2.45) is 0 Å². The first-order valence-electron chi connectivity index (χ1n) is 10.00. The number of amides is 1. The minimum atomic E-state index is -3.66. The van der Waals surface area contributed by atoms with E-state index in [0.29, 0.717) is 43.7 Å². The third kappa shape index (κ3) is 4.88. The summed E-state index contributed by atoms with van der Waals surface area (Å²) in [6, 6.07) is 10.9. The Balaban J connectivity index is 1.83. The summed E-state index contributed by atoms with van der Waals surface area (Å²) in [7, 11) is -3.66. The summed E-state index contributed by atoms with van der Waals surface area (Å²) in [6.07, 6.45) is 1.40. The van der Waals surface area contributed by atoms with Crippen LogP contribution in [0.15, 0.2) is 47.4 Å². The molecule has 3 rings (SSSR count). The molecular weight excluding hydrogens is 407 g/mol. The lowest BCUT2D eigenvalue weighted by molar-refractivity contribution is 0.0487. The van der Waals surface area contributed by atoms with Crippen LogP contribution in [0, 0.1) is 12.7 Å². The highest BCUT2D eigenvalue weighted by atomic mass is 32.2. The van der Waals surface area contributed by atoms with Crippen LogP contribution in [0.5, 0.6) is 0 Å². The van der Waals surface area contributed by atoms with Gasteiger partial charge in [-0.15, -0.1) is 0 Å². The van der Waals surface area contributed by atoms with Crippen molar-refractivity contribution in [3.8, 4) is 0 Å². The number of ether oxygens (including phenoxy) is 1. The Morgan fingerprint density at radius 3 is 2.43 bits per heavy atom. The van der Waals surface area contributed by atoms with E-state index < -0.39 is 10.0 Å². The van der Waals surface area contributed by atoms with Crippen LogP contribution in [-0.4, -0.2) is 40.6 Å². The van der Waals surface area contributed by atoms with E-state index in [1.807, 2.05) is 0 Å². The minimum absolute atomic E-state index is 0.0550. The Morgan fingerprint density at radius 2 is 1.80 bits per heavy atom. The number of halogens is 1. The zero-order valence-electron chi connectivity index (χ0n) is 17.2. The van der Waals surface area contributed by atoms with Crippen LogP contribution >= 0.6 is 0 Å². The number of aryl methyl sites for hydroxylation is 1. The first-order chi connectivity index (χ1) is 14.3. The van der Waals surface area contributed by atoms with Gasteiger partial charge in [-0.2, -0.15) is 0 Å². The number of carbonyl (C=O) groups is 1. The van der Waals surface area contributed by atoms with Crippen LogP contribution in [0.4, 0.5) is 4.39 Å². The molecule has 0 spiro atoms. The van der Waals surface area contributed by atoms with E-state index in [2.05, 4.69) is 10.0 Å². The predicted octanol–water partition coefficient (Wildman–Crippen LogP) is 2.91. The van der Waals surface area contributed by atoms with Gasteiger partial charge in [-0.1, -0.05) is 25.1 Å². The molecule has 2 N–H and O–H groups in total. The molecule has 1 heterocycles. The van der Waals surface area contributed by atoms with Gasteiger partial charge in [0.15, 0.2) is 0 Å². The fraction of sp³-hybridized carbons (Fsp3) is 0.409. The number of benzene rings is 2. The smallest absolute Gasteiger partial charge is 0.251 e. The molecule has 1 fully saturated rings. The summed E-state index contributed by atoms with van der Waals surface area (Å²) in [5.74, 6) is -0.645. The number of hydrogen-bond acceptors (Lipinski definition) is 4. The molecule has 30 heavy (non-hydrogen) atoms. The van der Waals surface area contributed by atoms with Gasteiger partial charge in [0, 0.05) is 37.3 Å². The largest absolute Gasteiger partial charge is 0.381 e. The lowest BCUT2D eigenvalue weighted by Gasteiger charge is -2.38. The SMILES string of the molecule is CCNS(=O)(=O)c1ccc(C)c(C(=O)NCC2(c3ccc(F)cc3)CCOCC2)c1. The lowest BCUT2D eigenvalue weighted by atomic mass is 9.74. The second-order valence-corrected chi connectivity index (χ2v) is 9.33. The van der Waals surface area contributed by atoms with Gasteiger partial charge < -0.3 is 10.1 Å². The second kappa shape index (κ2) is 9.24. The average molecular weight is 435 g/mol. The molecule has 0 unspecified atom stereocenters. The molecule has 1 aliphatic rings. The Labute approximate surface area is 176 Å². The van der Waals surface area contributed by atoms with Gasteiger partial charge >= 0.3 is 0 Å². The zero-order valence-corrected chi connectivity index (χ0v) is 18.0. The second-order valence-electron chi connectivity index (χ2n) is 7.56. The van der Waals surface area contributed by atoms with Crippen molar-refractivity contribution in [3.63, 3.8) is 0 Å². The van der Waals surface area contributed by atoms with Gasteiger partial charge in [0.2, 0.25) is 10.0 Å². The number of sulfonamides is 1. The number of rotatable bonds is 7. The van der Waals surface area contributed by atoms with Crippen LogP contribution in [0.2, 0.25) is 0 Å². The summed E-state index contributed by atoms with van der Waals surface area (Å²) in [5.41, 5.74) is 1.59. The zero-order chi connectivity index (χ0) is 21.8. The molecule has 1 amide bonds. The fourth-order valence-electron chi connectivity index (χ4n) is 3.76. The number of hydrogen-bond donors (Lipinski definition) is 2. The molecule has 0 bridgehead atoms. The Kier molecular flexibility index (Phi) is 6.90. The van der Waals surface area contributed by atoms with Crippen molar-refractivity contribution < 1.29 is 22.3 Å². The summed E-state index contributed by atoms with van der Waals surface area (Å²) in [5, 5.41) is 2.97. The minimum Gasteiger partial charge on any atom is -0.381 e. The van der Waals surface area contributed by atoms with E-state index in [4.69, 9.17) is 4.74 Å². The number of carbonyl (C=O) groups excluding carboxylic acids is 1. The van der Waals surface area contributed by atoms with Crippen LogP contribution in [0.3, 0.4) is 0 Å². The van der Waals surface area contributed by atoms with Gasteiger partial charge in [0.05, 0.1) is 4.90 Å². The molecule has 1 saturated heterocycles. The van der Waals surface area contributed by atoms with E-state index in [-0.39, 0.29) is 28.6 Å². The van der Waals surface area contributed by atoms with Crippen molar-refractivity contribution in [1.82, 2.24) is 10.0 Å². The maximum Gasteiger partial charge on any atom is 0.251 e. The molecule has 162 valence electrons. The summed E-state index contributed by atoms with van der Waals surface area (Å²) < 4.78 is 45.9.